The molecule has 1 aromatic rings. The second kappa shape index (κ2) is 7.98. The molecule has 0 aromatic carbocycles. The first kappa shape index (κ1) is 18.2. The quantitative estimate of drug-likeness (QED) is 0.767. The maximum Gasteiger partial charge on any atom is 0.0627 e. The number of hydrogen-bond acceptors (Lipinski definition) is 2. The molecule has 3 nitrogen and oxygen atoms in total. The van der Waals surface area contributed by atoms with Gasteiger partial charge in [-0.05, 0) is 64.5 Å². The summed E-state index contributed by atoms with van der Waals surface area (Å²) in [5.74, 6) is 1.30. The van der Waals surface area contributed by atoms with E-state index in [4.69, 9.17) is 5.10 Å². The molecule has 0 saturated heterocycles. The second-order valence-corrected chi connectivity index (χ2v) is 7.55. The summed E-state index contributed by atoms with van der Waals surface area (Å²) in [5, 5.41) is 8.38. The largest absolute Gasteiger partial charge is 0.312 e. The minimum atomic E-state index is 0.199. The smallest absolute Gasteiger partial charge is 0.0627 e. The van der Waals surface area contributed by atoms with Crippen LogP contribution in [0, 0.1) is 11.8 Å². The minimum absolute atomic E-state index is 0.199. The Bertz CT molecular complexity index is 399. The van der Waals surface area contributed by atoms with Crippen LogP contribution < -0.4 is 5.32 Å². The lowest BCUT2D eigenvalue weighted by atomic mass is 9.91. The highest BCUT2D eigenvalue weighted by molar-refractivity contribution is 5.01. The molecule has 1 N–H and O–H groups in total. The summed E-state index contributed by atoms with van der Waals surface area (Å²) >= 11 is 0. The third kappa shape index (κ3) is 6.21. The predicted octanol–water partition coefficient (Wildman–Crippen LogP) is 4.45. The van der Waals surface area contributed by atoms with Gasteiger partial charge in [0.15, 0.2) is 0 Å². The zero-order valence-electron chi connectivity index (χ0n) is 15.1. The van der Waals surface area contributed by atoms with Gasteiger partial charge in [0, 0.05) is 11.7 Å². The van der Waals surface area contributed by atoms with Crippen molar-refractivity contribution >= 4 is 0 Å². The van der Waals surface area contributed by atoms with E-state index < -0.39 is 0 Å². The van der Waals surface area contributed by atoms with Gasteiger partial charge >= 0.3 is 0 Å². The molecular weight excluding hydrogens is 258 g/mol. The normalized spacial score (nSPS) is 15.4. The highest BCUT2D eigenvalue weighted by atomic mass is 15.3. The van der Waals surface area contributed by atoms with Gasteiger partial charge in [0.25, 0.3) is 0 Å². The van der Waals surface area contributed by atoms with Crippen molar-refractivity contribution in [3.05, 3.63) is 18.0 Å². The molecule has 3 heteroatoms. The third-order valence-corrected chi connectivity index (χ3v) is 4.44. The molecule has 2 unspecified atom stereocenters. The molecule has 0 aliphatic carbocycles. The highest BCUT2D eigenvalue weighted by Gasteiger charge is 2.17. The van der Waals surface area contributed by atoms with Crippen molar-refractivity contribution in [1.82, 2.24) is 15.1 Å². The zero-order chi connectivity index (χ0) is 16.0. The van der Waals surface area contributed by atoms with Crippen LogP contribution in [0.25, 0.3) is 0 Å². The summed E-state index contributed by atoms with van der Waals surface area (Å²) in [7, 11) is 0. The van der Waals surface area contributed by atoms with Crippen molar-refractivity contribution in [1.29, 1.82) is 0 Å². The lowest BCUT2D eigenvalue weighted by Crippen LogP contribution is -2.40. The molecule has 21 heavy (non-hydrogen) atoms. The third-order valence-electron chi connectivity index (χ3n) is 4.44. The fraction of sp³-hybridized carbons (Fsp3) is 0.833. The van der Waals surface area contributed by atoms with E-state index in [1.54, 1.807) is 0 Å². The SMILES string of the molecule is CCC(CC)n1ccc(CC(C)C(C)CNC(C)(C)C)n1. The van der Waals surface area contributed by atoms with Crippen LogP contribution in [0.3, 0.4) is 0 Å². The van der Waals surface area contributed by atoms with E-state index in [0.29, 0.717) is 17.9 Å². The van der Waals surface area contributed by atoms with Crippen LogP contribution in [0.5, 0.6) is 0 Å². The van der Waals surface area contributed by atoms with E-state index in [1.807, 2.05) is 0 Å². The van der Waals surface area contributed by atoms with Gasteiger partial charge in [-0.3, -0.25) is 4.68 Å². The van der Waals surface area contributed by atoms with Gasteiger partial charge in [-0.25, -0.2) is 0 Å². The number of nitrogens with zero attached hydrogens (tertiary/aromatic N) is 2. The summed E-state index contributed by atoms with van der Waals surface area (Å²) in [6.07, 6.45) is 5.52. The maximum atomic E-state index is 4.78. The van der Waals surface area contributed by atoms with Crippen LogP contribution in [0.4, 0.5) is 0 Å². The minimum Gasteiger partial charge on any atom is -0.312 e. The zero-order valence-corrected chi connectivity index (χ0v) is 15.1. The van der Waals surface area contributed by atoms with Crippen molar-refractivity contribution in [3.63, 3.8) is 0 Å². The first-order valence-corrected chi connectivity index (χ1v) is 8.55. The van der Waals surface area contributed by atoms with Crippen LogP contribution >= 0.6 is 0 Å². The number of nitrogens with one attached hydrogen (secondary N) is 1. The Kier molecular flexibility index (Phi) is 6.92. The second-order valence-electron chi connectivity index (χ2n) is 7.55. The molecule has 0 spiro atoms. The Labute approximate surface area is 131 Å². The monoisotopic (exact) mass is 293 g/mol. The van der Waals surface area contributed by atoms with Crippen LogP contribution in [0.15, 0.2) is 12.3 Å². The van der Waals surface area contributed by atoms with E-state index in [1.165, 1.54) is 5.69 Å². The Morgan fingerprint density at radius 2 is 1.76 bits per heavy atom. The molecule has 1 heterocycles. The summed E-state index contributed by atoms with van der Waals surface area (Å²) < 4.78 is 2.15. The predicted molar refractivity (Wildman–Crippen MR) is 91.6 cm³/mol. The molecule has 0 amide bonds. The van der Waals surface area contributed by atoms with Crippen molar-refractivity contribution in [2.45, 2.75) is 79.3 Å². The molecule has 1 rings (SSSR count). The standard InChI is InChI=1S/C18H35N3/c1-8-17(9-2)21-11-10-16(20-21)12-14(3)15(4)13-19-18(5,6)7/h10-11,14-15,17,19H,8-9,12-13H2,1-7H3. The molecule has 0 aliphatic heterocycles. The fourth-order valence-corrected chi connectivity index (χ4v) is 2.55. The molecule has 0 aliphatic rings. The summed E-state index contributed by atoms with van der Waals surface area (Å²) in [5.41, 5.74) is 1.43. The molecule has 0 fully saturated rings. The van der Waals surface area contributed by atoms with Gasteiger partial charge < -0.3 is 5.32 Å². The molecular formula is C18H35N3. The van der Waals surface area contributed by atoms with E-state index >= 15 is 0 Å². The van der Waals surface area contributed by atoms with Gasteiger partial charge in [-0.1, -0.05) is 27.7 Å². The first-order valence-electron chi connectivity index (χ1n) is 8.55. The highest BCUT2D eigenvalue weighted by Crippen LogP contribution is 2.19. The van der Waals surface area contributed by atoms with Crippen molar-refractivity contribution in [2.24, 2.45) is 11.8 Å². The van der Waals surface area contributed by atoms with E-state index in [0.717, 1.165) is 25.8 Å². The Morgan fingerprint density at radius 1 is 1.14 bits per heavy atom. The Balaban J connectivity index is 2.52. The average Bonchev–Trinajstić information content (AvgIpc) is 2.85. The molecule has 0 radical (unpaired) electrons. The van der Waals surface area contributed by atoms with Crippen molar-refractivity contribution in [3.8, 4) is 0 Å². The van der Waals surface area contributed by atoms with Crippen molar-refractivity contribution < 1.29 is 0 Å². The van der Waals surface area contributed by atoms with Crippen LogP contribution in [0.2, 0.25) is 0 Å². The molecule has 2 atom stereocenters. The number of hydrogen-bond donors (Lipinski definition) is 1. The van der Waals surface area contributed by atoms with Gasteiger partial charge in [-0.15, -0.1) is 0 Å². The maximum absolute atomic E-state index is 4.78. The topological polar surface area (TPSA) is 29.9 Å². The summed E-state index contributed by atoms with van der Waals surface area (Å²) in [4.78, 5) is 0. The van der Waals surface area contributed by atoms with Gasteiger partial charge in [0.1, 0.15) is 0 Å². The lowest BCUT2D eigenvalue weighted by molar-refractivity contribution is 0.315. The van der Waals surface area contributed by atoms with E-state index in [-0.39, 0.29) is 5.54 Å². The van der Waals surface area contributed by atoms with Gasteiger partial charge in [-0.2, -0.15) is 5.10 Å². The van der Waals surface area contributed by atoms with E-state index in [2.05, 4.69) is 70.7 Å². The van der Waals surface area contributed by atoms with Crippen LogP contribution in [-0.2, 0) is 6.42 Å². The summed E-state index contributed by atoms with van der Waals surface area (Å²) in [6.45, 7) is 16.9. The average molecular weight is 293 g/mol. The number of rotatable bonds is 8. The Hall–Kier alpha value is -0.830. The number of aromatic nitrogens is 2. The lowest BCUT2D eigenvalue weighted by Gasteiger charge is -2.26. The van der Waals surface area contributed by atoms with Gasteiger partial charge in [0.05, 0.1) is 11.7 Å². The summed E-state index contributed by atoms with van der Waals surface area (Å²) in [6, 6.07) is 2.74. The van der Waals surface area contributed by atoms with E-state index in [9.17, 15) is 0 Å². The van der Waals surface area contributed by atoms with Crippen LogP contribution in [-0.4, -0.2) is 21.9 Å². The van der Waals surface area contributed by atoms with Crippen molar-refractivity contribution in [2.75, 3.05) is 6.54 Å². The first-order chi connectivity index (χ1) is 9.76. The molecule has 1 aromatic heterocycles. The molecule has 0 bridgehead atoms. The fourth-order valence-electron chi connectivity index (χ4n) is 2.55. The molecule has 0 saturated carbocycles. The van der Waals surface area contributed by atoms with Crippen LogP contribution in [0.1, 0.15) is 73.0 Å². The Morgan fingerprint density at radius 3 is 2.29 bits per heavy atom. The molecule has 122 valence electrons. The van der Waals surface area contributed by atoms with Gasteiger partial charge in [0.2, 0.25) is 0 Å².